The lowest BCUT2D eigenvalue weighted by atomic mass is 9.90. The molecular formula is C12H21NS. The van der Waals surface area contributed by atoms with E-state index < -0.39 is 0 Å². The lowest BCUT2D eigenvalue weighted by molar-refractivity contribution is 0.349. The van der Waals surface area contributed by atoms with Crippen LogP contribution in [0.15, 0.2) is 16.8 Å². The van der Waals surface area contributed by atoms with Gasteiger partial charge in [0.05, 0.1) is 0 Å². The highest BCUT2D eigenvalue weighted by Gasteiger charge is 2.16. The maximum absolute atomic E-state index is 3.45. The minimum atomic E-state index is 0.639. The molecular weight excluding hydrogens is 190 g/mol. The second kappa shape index (κ2) is 6.20. The smallest absolute Gasteiger partial charge is 0.0133 e. The standard InChI is InChI=1S/C12H21NS/c1-4-11(5-2)12(13-3)8-10-6-7-14-9-10/h6-7,9,11-13H,4-5,8H2,1-3H3. The van der Waals surface area contributed by atoms with Gasteiger partial charge in [-0.15, -0.1) is 0 Å². The fourth-order valence-corrected chi connectivity index (χ4v) is 2.71. The van der Waals surface area contributed by atoms with E-state index in [0.717, 1.165) is 5.92 Å². The number of hydrogen-bond acceptors (Lipinski definition) is 2. The minimum Gasteiger partial charge on any atom is -0.316 e. The predicted octanol–water partition coefficient (Wildman–Crippen LogP) is 3.31. The van der Waals surface area contributed by atoms with E-state index in [2.05, 4.69) is 43.0 Å². The number of hydrogen-bond donors (Lipinski definition) is 1. The van der Waals surface area contributed by atoms with Crippen molar-refractivity contribution >= 4 is 11.3 Å². The molecule has 0 amide bonds. The molecule has 1 N–H and O–H groups in total. The Morgan fingerprint density at radius 1 is 1.36 bits per heavy atom. The van der Waals surface area contributed by atoms with E-state index in [1.165, 1.54) is 24.8 Å². The van der Waals surface area contributed by atoms with E-state index in [9.17, 15) is 0 Å². The van der Waals surface area contributed by atoms with Crippen LogP contribution in [0.5, 0.6) is 0 Å². The highest BCUT2D eigenvalue weighted by atomic mass is 32.1. The molecule has 1 heterocycles. The molecule has 80 valence electrons. The fraction of sp³-hybridized carbons (Fsp3) is 0.667. The van der Waals surface area contributed by atoms with Crippen molar-refractivity contribution in [3.05, 3.63) is 22.4 Å². The molecule has 0 radical (unpaired) electrons. The summed E-state index contributed by atoms with van der Waals surface area (Å²) in [6, 6.07) is 2.87. The molecule has 0 aliphatic rings. The summed E-state index contributed by atoms with van der Waals surface area (Å²) >= 11 is 1.79. The largest absolute Gasteiger partial charge is 0.316 e. The van der Waals surface area contributed by atoms with Gasteiger partial charge < -0.3 is 5.32 Å². The lowest BCUT2D eigenvalue weighted by Gasteiger charge is -2.24. The molecule has 0 aliphatic carbocycles. The van der Waals surface area contributed by atoms with Crippen LogP contribution in [0.1, 0.15) is 32.3 Å². The van der Waals surface area contributed by atoms with Crippen molar-refractivity contribution < 1.29 is 0 Å². The molecule has 1 atom stereocenters. The van der Waals surface area contributed by atoms with Crippen LogP contribution in [-0.4, -0.2) is 13.1 Å². The third kappa shape index (κ3) is 3.10. The van der Waals surface area contributed by atoms with Crippen molar-refractivity contribution in [2.45, 2.75) is 39.2 Å². The Morgan fingerprint density at radius 3 is 2.50 bits per heavy atom. The minimum absolute atomic E-state index is 0.639. The highest BCUT2D eigenvalue weighted by molar-refractivity contribution is 7.07. The second-order valence-electron chi connectivity index (χ2n) is 3.81. The van der Waals surface area contributed by atoms with Crippen LogP contribution in [0.2, 0.25) is 0 Å². The first kappa shape index (κ1) is 11.7. The molecule has 1 unspecified atom stereocenters. The average molecular weight is 211 g/mol. The van der Waals surface area contributed by atoms with Gasteiger partial charge in [-0.3, -0.25) is 0 Å². The Kier molecular flexibility index (Phi) is 5.20. The van der Waals surface area contributed by atoms with E-state index >= 15 is 0 Å². The molecule has 1 aromatic heterocycles. The van der Waals surface area contributed by atoms with Crippen molar-refractivity contribution in [2.24, 2.45) is 5.92 Å². The summed E-state index contributed by atoms with van der Waals surface area (Å²) < 4.78 is 0. The normalized spacial score (nSPS) is 13.4. The Bertz CT molecular complexity index is 226. The third-order valence-electron chi connectivity index (χ3n) is 3.02. The zero-order valence-electron chi connectivity index (χ0n) is 9.42. The Morgan fingerprint density at radius 2 is 2.07 bits per heavy atom. The molecule has 0 bridgehead atoms. The van der Waals surface area contributed by atoms with Gasteiger partial charge in [-0.1, -0.05) is 26.7 Å². The van der Waals surface area contributed by atoms with E-state index in [1.807, 2.05) is 0 Å². The summed E-state index contributed by atoms with van der Waals surface area (Å²) in [7, 11) is 2.08. The highest BCUT2D eigenvalue weighted by Crippen LogP contribution is 2.18. The number of rotatable bonds is 6. The summed E-state index contributed by atoms with van der Waals surface area (Å²) in [4.78, 5) is 0. The van der Waals surface area contributed by atoms with E-state index in [-0.39, 0.29) is 0 Å². The van der Waals surface area contributed by atoms with Gasteiger partial charge in [0, 0.05) is 6.04 Å². The quantitative estimate of drug-likeness (QED) is 0.761. The molecule has 0 saturated carbocycles. The SMILES string of the molecule is CCC(CC)C(Cc1ccsc1)NC. The zero-order chi connectivity index (χ0) is 10.4. The van der Waals surface area contributed by atoms with Crippen molar-refractivity contribution in [2.75, 3.05) is 7.05 Å². The topological polar surface area (TPSA) is 12.0 Å². The molecule has 1 aromatic rings. The summed E-state index contributed by atoms with van der Waals surface area (Å²) in [5.41, 5.74) is 1.47. The van der Waals surface area contributed by atoms with E-state index in [4.69, 9.17) is 0 Å². The van der Waals surface area contributed by atoms with Crippen LogP contribution in [0.4, 0.5) is 0 Å². The molecule has 0 aromatic carbocycles. The van der Waals surface area contributed by atoms with Crippen LogP contribution < -0.4 is 5.32 Å². The molecule has 0 spiro atoms. The summed E-state index contributed by atoms with van der Waals surface area (Å²) in [6.07, 6.45) is 3.71. The van der Waals surface area contributed by atoms with Crippen LogP contribution in [0.25, 0.3) is 0 Å². The maximum atomic E-state index is 3.45. The average Bonchev–Trinajstić information content (AvgIpc) is 2.70. The van der Waals surface area contributed by atoms with Gasteiger partial charge >= 0.3 is 0 Å². The first-order valence-corrected chi connectivity index (χ1v) is 6.44. The van der Waals surface area contributed by atoms with Crippen LogP contribution >= 0.6 is 11.3 Å². The van der Waals surface area contributed by atoms with E-state index in [1.54, 1.807) is 11.3 Å². The fourth-order valence-electron chi connectivity index (χ4n) is 2.02. The molecule has 14 heavy (non-hydrogen) atoms. The predicted molar refractivity (Wildman–Crippen MR) is 64.9 cm³/mol. The zero-order valence-corrected chi connectivity index (χ0v) is 10.2. The van der Waals surface area contributed by atoms with Gasteiger partial charge in [-0.25, -0.2) is 0 Å². The molecule has 0 saturated heterocycles. The molecule has 0 fully saturated rings. The van der Waals surface area contributed by atoms with Gasteiger partial charge in [0.15, 0.2) is 0 Å². The molecule has 0 aliphatic heterocycles. The van der Waals surface area contributed by atoms with Crippen LogP contribution in [-0.2, 0) is 6.42 Å². The van der Waals surface area contributed by atoms with Crippen molar-refractivity contribution in [3.8, 4) is 0 Å². The van der Waals surface area contributed by atoms with Gasteiger partial charge in [0.2, 0.25) is 0 Å². The lowest BCUT2D eigenvalue weighted by Crippen LogP contribution is -2.34. The molecule has 1 nitrogen and oxygen atoms in total. The first-order valence-electron chi connectivity index (χ1n) is 5.50. The van der Waals surface area contributed by atoms with Crippen molar-refractivity contribution in [1.29, 1.82) is 0 Å². The van der Waals surface area contributed by atoms with Crippen molar-refractivity contribution in [3.63, 3.8) is 0 Å². The Balaban J connectivity index is 2.53. The monoisotopic (exact) mass is 211 g/mol. The van der Waals surface area contributed by atoms with Gasteiger partial charge in [0.25, 0.3) is 0 Å². The number of nitrogens with one attached hydrogen (secondary N) is 1. The number of thiophene rings is 1. The summed E-state index contributed by atoms with van der Waals surface area (Å²) in [6.45, 7) is 4.57. The van der Waals surface area contributed by atoms with Gasteiger partial charge in [-0.2, -0.15) is 11.3 Å². The van der Waals surface area contributed by atoms with Gasteiger partial charge in [0.1, 0.15) is 0 Å². The van der Waals surface area contributed by atoms with Gasteiger partial charge in [-0.05, 0) is 41.8 Å². The summed E-state index contributed by atoms with van der Waals surface area (Å²) in [5.74, 6) is 0.805. The second-order valence-corrected chi connectivity index (χ2v) is 4.59. The Hall–Kier alpha value is -0.340. The molecule has 2 heteroatoms. The summed E-state index contributed by atoms with van der Waals surface area (Å²) in [5, 5.41) is 7.87. The van der Waals surface area contributed by atoms with E-state index in [0.29, 0.717) is 6.04 Å². The molecule has 1 rings (SSSR count). The maximum Gasteiger partial charge on any atom is 0.0133 e. The Labute approximate surface area is 91.5 Å². The van der Waals surface area contributed by atoms with Crippen LogP contribution in [0, 0.1) is 5.92 Å². The van der Waals surface area contributed by atoms with Crippen LogP contribution in [0.3, 0.4) is 0 Å². The van der Waals surface area contributed by atoms with Crippen molar-refractivity contribution in [1.82, 2.24) is 5.32 Å². The third-order valence-corrected chi connectivity index (χ3v) is 3.76. The first-order chi connectivity index (χ1) is 6.81. The number of likely N-dealkylation sites (N-methyl/N-ethyl adjacent to an activating group) is 1.